The molecule has 0 spiro atoms. The molecule has 1 aromatic carbocycles. The Kier molecular flexibility index (Phi) is 4.34. The molecule has 0 saturated heterocycles. The molecule has 0 amide bonds. The van der Waals surface area contributed by atoms with E-state index in [-0.39, 0.29) is 22.6 Å². The van der Waals surface area contributed by atoms with Crippen LogP contribution in [0.25, 0.3) is 16.0 Å². The van der Waals surface area contributed by atoms with Crippen molar-refractivity contribution in [3.63, 3.8) is 0 Å². The molecule has 130 valence electrons. The van der Waals surface area contributed by atoms with Crippen molar-refractivity contribution < 1.29 is 19.4 Å². The molecular weight excluding hydrogens is 336 g/mol. The van der Waals surface area contributed by atoms with Crippen molar-refractivity contribution in [2.45, 2.75) is 6.92 Å². The number of hydrogen-bond donors (Lipinski definition) is 1. The normalized spacial score (nSPS) is 10.4. The van der Waals surface area contributed by atoms with Gasteiger partial charge in [-0.2, -0.15) is 0 Å². The van der Waals surface area contributed by atoms with E-state index in [9.17, 15) is 14.7 Å². The van der Waals surface area contributed by atoms with Crippen LogP contribution in [0.15, 0.2) is 47.7 Å². The highest BCUT2D eigenvalue weighted by Crippen LogP contribution is 2.32. The van der Waals surface area contributed by atoms with Crippen LogP contribution < -0.4 is 4.74 Å². The van der Waals surface area contributed by atoms with E-state index >= 15 is 0 Å². The van der Waals surface area contributed by atoms with E-state index in [4.69, 9.17) is 10.3 Å². The SMILES string of the molecule is COc1c(C)c(C(=O)c2ccc(N=[N+]=[N-])c(C(=O)O)c2)n2ccccc12. The van der Waals surface area contributed by atoms with Crippen LogP contribution in [0, 0.1) is 6.92 Å². The van der Waals surface area contributed by atoms with Gasteiger partial charge in [0.2, 0.25) is 5.78 Å². The van der Waals surface area contributed by atoms with Crippen molar-refractivity contribution in [1.82, 2.24) is 4.40 Å². The largest absolute Gasteiger partial charge is 0.494 e. The second-order valence-corrected chi connectivity index (χ2v) is 5.52. The molecule has 0 aliphatic rings. The molecule has 0 atom stereocenters. The fraction of sp³-hybridized carbons (Fsp3) is 0.111. The van der Waals surface area contributed by atoms with Crippen molar-refractivity contribution in [2.75, 3.05) is 7.11 Å². The van der Waals surface area contributed by atoms with E-state index in [1.54, 1.807) is 23.6 Å². The van der Waals surface area contributed by atoms with Gasteiger partial charge in [0.05, 0.1) is 23.9 Å². The molecule has 8 heteroatoms. The van der Waals surface area contributed by atoms with Crippen LogP contribution in [0.5, 0.6) is 5.75 Å². The summed E-state index contributed by atoms with van der Waals surface area (Å²) in [7, 11) is 1.53. The first kappa shape index (κ1) is 17.1. The summed E-state index contributed by atoms with van der Waals surface area (Å²) in [6, 6.07) is 9.42. The minimum absolute atomic E-state index is 0.0501. The summed E-state index contributed by atoms with van der Waals surface area (Å²) in [4.78, 5) is 27.1. The molecule has 1 N–H and O–H groups in total. The molecule has 0 saturated carbocycles. The van der Waals surface area contributed by atoms with Gasteiger partial charge in [0, 0.05) is 22.2 Å². The van der Waals surface area contributed by atoms with Gasteiger partial charge < -0.3 is 14.2 Å². The molecule has 3 aromatic rings. The Labute approximate surface area is 147 Å². The van der Waals surface area contributed by atoms with E-state index in [0.717, 1.165) is 5.52 Å². The molecule has 0 aliphatic carbocycles. The van der Waals surface area contributed by atoms with Crippen molar-refractivity contribution in [2.24, 2.45) is 5.11 Å². The van der Waals surface area contributed by atoms with E-state index in [1.807, 2.05) is 12.1 Å². The van der Waals surface area contributed by atoms with Crippen molar-refractivity contribution in [3.05, 3.63) is 75.4 Å². The first-order valence-electron chi connectivity index (χ1n) is 7.60. The number of aromatic nitrogens is 1. The first-order chi connectivity index (χ1) is 12.5. The molecule has 26 heavy (non-hydrogen) atoms. The zero-order chi connectivity index (χ0) is 18.8. The van der Waals surface area contributed by atoms with Crippen LogP contribution in [0.2, 0.25) is 0 Å². The van der Waals surface area contributed by atoms with Gasteiger partial charge in [-0.1, -0.05) is 23.3 Å². The van der Waals surface area contributed by atoms with Crippen molar-refractivity contribution >= 4 is 23.0 Å². The zero-order valence-electron chi connectivity index (χ0n) is 14.0. The molecule has 8 nitrogen and oxygen atoms in total. The van der Waals surface area contributed by atoms with Crippen LogP contribution in [-0.4, -0.2) is 28.4 Å². The molecular formula is C18H14N4O4. The number of fused-ring (bicyclic) bond motifs is 1. The topological polar surface area (TPSA) is 117 Å². The van der Waals surface area contributed by atoms with Gasteiger partial charge in [-0.25, -0.2) is 4.79 Å². The highest BCUT2D eigenvalue weighted by molar-refractivity contribution is 6.11. The Bertz CT molecular complexity index is 1090. The Morgan fingerprint density at radius 3 is 2.69 bits per heavy atom. The number of nitrogens with zero attached hydrogens (tertiary/aromatic N) is 4. The monoisotopic (exact) mass is 350 g/mol. The maximum absolute atomic E-state index is 13.1. The number of rotatable bonds is 5. The lowest BCUT2D eigenvalue weighted by atomic mass is 10.0. The Morgan fingerprint density at radius 1 is 1.27 bits per heavy atom. The minimum Gasteiger partial charge on any atom is -0.494 e. The molecule has 0 aliphatic heterocycles. The lowest BCUT2D eigenvalue weighted by Gasteiger charge is -2.06. The van der Waals surface area contributed by atoms with Gasteiger partial charge in [0.15, 0.2) is 0 Å². The second-order valence-electron chi connectivity index (χ2n) is 5.52. The predicted octanol–water partition coefficient (Wildman–Crippen LogP) is 4.13. The van der Waals surface area contributed by atoms with E-state index < -0.39 is 5.97 Å². The fourth-order valence-corrected chi connectivity index (χ4v) is 2.96. The third kappa shape index (κ3) is 2.64. The van der Waals surface area contributed by atoms with Gasteiger partial charge in [0.1, 0.15) is 11.4 Å². The number of carbonyl (C=O) groups is 2. The number of ketones is 1. The van der Waals surface area contributed by atoms with Gasteiger partial charge in [-0.3, -0.25) is 4.79 Å². The molecule has 2 aromatic heterocycles. The molecule has 0 radical (unpaired) electrons. The number of carbonyl (C=O) groups excluding carboxylic acids is 1. The Balaban J connectivity index is 2.21. The number of hydrogen-bond acceptors (Lipinski definition) is 4. The smallest absolute Gasteiger partial charge is 0.336 e. The van der Waals surface area contributed by atoms with Gasteiger partial charge in [-0.15, -0.1) is 0 Å². The predicted molar refractivity (Wildman–Crippen MR) is 94.3 cm³/mol. The highest BCUT2D eigenvalue weighted by atomic mass is 16.5. The summed E-state index contributed by atoms with van der Waals surface area (Å²) in [5.41, 5.74) is 10.2. The molecule has 0 unspecified atom stereocenters. The second kappa shape index (κ2) is 6.62. The number of pyridine rings is 1. The molecule has 2 heterocycles. The summed E-state index contributed by atoms with van der Waals surface area (Å²) < 4.78 is 7.12. The first-order valence-corrected chi connectivity index (χ1v) is 7.60. The van der Waals surface area contributed by atoms with Crippen molar-refractivity contribution in [1.29, 1.82) is 0 Å². The lowest BCUT2D eigenvalue weighted by Crippen LogP contribution is -2.08. The van der Waals surface area contributed by atoms with E-state index in [0.29, 0.717) is 17.0 Å². The summed E-state index contributed by atoms with van der Waals surface area (Å²) in [5, 5.41) is 12.7. The minimum atomic E-state index is -1.28. The number of carboxylic acid groups (broad SMARTS) is 1. The van der Waals surface area contributed by atoms with Gasteiger partial charge >= 0.3 is 5.97 Å². The van der Waals surface area contributed by atoms with Crippen LogP contribution in [0.3, 0.4) is 0 Å². The number of carboxylic acids is 1. The number of azide groups is 1. The van der Waals surface area contributed by atoms with E-state index in [1.165, 1.54) is 25.3 Å². The highest BCUT2D eigenvalue weighted by Gasteiger charge is 2.23. The third-order valence-electron chi connectivity index (χ3n) is 4.09. The summed E-state index contributed by atoms with van der Waals surface area (Å²) in [6.07, 6.45) is 1.74. The number of benzene rings is 1. The number of aromatic carboxylic acids is 1. The third-order valence-corrected chi connectivity index (χ3v) is 4.09. The standard InChI is InChI=1S/C18H14N4O4/c1-10-15(22-8-4-3-5-14(22)17(10)26-2)16(23)11-6-7-13(20-21-19)12(9-11)18(24)25/h3-9H,1-2H3,(H,24,25). The fourth-order valence-electron chi connectivity index (χ4n) is 2.96. The quantitative estimate of drug-likeness (QED) is 0.322. The summed E-state index contributed by atoms with van der Waals surface area (Å²) in [5.74, 6) is -1.06. The van der Waals surface area contributed by atoms with Crippen LogP contribution in [0.1, 0.15) is 32.0 Å². The van der Waals surface area contributed by atoms with Gasteiger partial charge in [0.25, 0.3) is 0 Å². The summed E-state index contributed by atoms with van der Waals surface area (Å²) >= 11 is 0. The van der Waals surface area contributed by atoms with Crippen LogP contribution in [0.4, 0.5) is 5.69 Å². The molecule has 0 bridgehead atoms. The number of methoxy groups -OCH3 is 1. The molecule has 3 rings (SSSR count). The Morgan fingerprint density at radius 2 is 2.04 bits per heavy atom. The maximum Gasteiger partial charge on any atom is 0.336 e. The molecule has 0 fully saturated rings. The average Bonchev–Trinajstić information content (AvgIpc) is 2.92. The van der Waals surface area contributed by atoms with Gasteiger partial charge in [-0.05, 0) is 30.7 Å². The Hall–Kier alpha value is -3.77. The van der Waals surface area contributed by atoms with Crippen LogP contribution >= 0.6 is 0 Å². The average molecular weight is 350 g/mol. The number of ether oxygens (including phenoxy) is 1. The van der Waals surface area contributed by atoms with Crippen molar-refractivity contribution in [3.8, 4) is 5.75 Å². The van der Waals surface area contributed by atoms with Crippen LogP contribution in [-0.2, 0) is 0 Å². The summed E-state index contributed by atoms with van der Waals surface area (Å²) in [6.45, 7) is 1.77. The lowest BCUT2D eigenvalue weighted by molar-refractivity contribution is 0.0698. The zero-order valence-corrected chi connectivity index (χ0v) is 14.0. The van der Waals surface area contributed by atoms with E-state index in [2.05, 4.69) is 10.0 Å². The maximum atomic E-state index is 13.1.